The van der Waals surface area contributed by atoms with Crippen LogP contribution < -0.4 is 16.4 Å². The first-order chi connectivity index (χ1) is 9.90. The van der Waals surface area contributed by atoms with Gasteiger partial charge in [0.2, 0.25) is 0 Å². The van der Waals surface area contributed by atoms with Gasteiger partial charge in [-0.2, -0.15) is 0 Å². The van der Waals surface area contributed by atoms with E-state index in [2.05, 4.69) is 22.2 Å². The average molecular weight is 457 g/mol. The SMILES string of the molecule is C=C(C)CN=C(N)NCCNC(=O)c1ccc(Cl)c(Cl)c1.I. The zero-order chi connectivity index (χ0) is 15.8. The fourth-order valence-corrected chi connectivity index (χ4v) is 1.68. The van der Waals surface area contributed by atoms with E-state index in [9.17, 15) is 4.79 Å². The fraction of sp³-hybridized carbons (Fsp3) is 0.286. The molecule has 0 spiro atoms. The molecule has 0 atom stereocenters. The first-order valence-electron chi connectivity index (χ1n) is 6.31. The number of guanidine groups is 1. The number of amides is 1. The first-order valence-corrected chi connectivity index (χ1v) is 7.07. The summed E-state index contributed by atoms with van der Waals surface area (Å²) in [7, 11) is 0. The summed E-state index contributed by atoms with van der Waals surface area (Å²) in [6.45, 7) is 6.95. The van der Waals surface area contributed by atoms with Crippen LogP contribution in [0.5, 0.6) is 0 Å². The molecule has 1 rings (SSSR count). The van der Waals surface area contributed by atoms with Crippen molar-refractivity contribution in [3.8, 4) is 0 Å². The van der Waals surface area contributed by atoms with E-state index in [0.29, 0.717) is 41.2 Å². The number of nitrogens with two attached hydrogens (primary N) is 1. The van der Waals surface area contributed by atoms with Crippen molar-refractivity contribution in [3.63, 3.8) is 0 Å². The molecule has 22 heavy (non-hydrogen) atoms. The molecule has 8 heteroatoms. The Hall–Kier alpha value is -0.990. The van der Waals surface area contributed by atoms with Crippen molar-refractivity contribution >= 4 is 59.0 Å². The highest BCUT2D eigenvalue weighted by Crippen LogP contribution is 2.22. The minimum Gasteiger partial charge on any atom is -0.370 e. The van der Waals surface area contributed by atoms with Gasteiger partial charge in [0, 0.05) is 18.7 Å². The third-order valence-electron chi connectivity index (χ3n) is 2.42. The van der Waals surface area contributed by atoms with E-state index in [-0.39, 0.29) is 29.9 Å². The molecule has 1 aromatic carbocycles. The van der Waals surface area contributed by atoms with E-state index in [1.54, 1.807) is 12.1 Å². The number of hydrogen-bond acceptors (Lipinski definition) is 2. The van der Waals surface area contributed by atoms with Gasteiger partial charge in [-0.1, -0.05) is 35.4 Å². The van der Waals surface area contributed by atoms with Gasteiger partial charge in [-0.15, -0.1) is 24.0 Å². The lowest BCUT2D eigenvalue weighted by Crippen LogP contribution is -2.38. The Morgan fingerprint density at radius 1 is 1.27 bits per heavy atom. The van der Waals surface area contributed by atoms with Gasteiger partial charge in [-0.3, -0.25) is 4.79 Å². The molecule has 0 saturated heterocycles. The summed E-state index contributed by atoms with van der Waals surface area (Å²) in [4.78, 5) is 15.9. The van der Waals surface area contributed by atoms with E-state index in [1.165, 1.54) is 6.07 Å². The van der Waals surface area contributed by atoms with Gasteiger partial charge in [0.1, 0.15) is 0 Å². The second-order valence-corrected chi connectivity index (χ2v) is 5.28. The van der Waals surface area contributed by atoms with E-state index < -0.39 is 0 Å². The molecule has 1 aromatic rings. The summed E-state index contributed by atoms with van der Waals surface area (Å²) in [6, 6.07) is 4.72. The molecule has 0 aliphatic carbocycles. The minimum atomic E-state index is -0.229. The number of hydrogen-bond donors (Lipinski definition) is 3. The molecule has 0 fully saturated rings. The highest BCUT2D eigenvalue weighted by molar-refractivity contribution is 14.0. The maximum Gasteiger partial charge on any atom is 0.251 e. The summed E-state index contributed by atoms with van der Waals surface area (Å²) in [6.07, 6.45) is 0. The van der Waals surface area contributed by atoms with Crippen molar-refractivity contribution in [2.24, 2.45) is 10.7 Å². The summed E-state index contributed by atoms with van der Waals surface area (Å²) in [5, 5.41) is 6.38. The van der Waals surface area contributed by atoms with Crippen LogP contribution in [-0.4, -0.2) is 31.5 Å². The van der Waals surface area contributed by atoms with Crippen LogP contribution in [0.25, 0.3) is 0 Å². The molecular formula is C14H19Cl2IN4O. The second kappa shape index (κ2) is 10.7. The molecule has 0 radical (unpaired) electrons. The lowest BCUT2D eigenvalue weighted by molar-refractivity contribution is 0.0954. The number of aliphatic imine (C=N–C) groups is 1. The van der Waals surface area contributed by atoms with Crippen molar-refractivity contribution in [3.05, 3.63) is 46.0 Å². The summed E-state index contributed by atoms with van der Waals surface area (Å²) in [5.74, 6) is 0.0922. The molecular weight excluding hydrogens is 438 g/mol. The summed E-state index contributed by atoms with van der Waals surface area (Å²) >= 11 is 11.6. The standard InChI is InChI=1S/C14H18Cl2N4O.HI/c1-9(2)8-20-14(17)19-6-5-18-13(21)10-3-4-11(15)12(16)7-10;/h3-4,7H,1,5-6,8H2,2H3,(H,18,21)(H3,17,19,20);1H. The highest BCUT2D eigenvalue weighted by Gasteiger charge is 2.07. The monoisotopic (exact) mass is 456 g/mol. The summed E-state index contributed by atoms with van der Waals surface area (Å²) < 4.78 is 0. The van der Waals surface area contributed by atoms with Crippen molar-refractivity contribution in [2.75, 3.05) is 19.6 Å². The third-order valence-corrected chi connectivity index (χ3v) is 3.16. The molecule has 0 unspecified atom stereocenters. The van der Waals surface area contributed by atoms with Crippen LogP contribution in [0, 0.1) is 0 Å². The number of carbonyl (C=O) groups excluding carboxylic acids is 1. The zero-order valence-corrected chi connectivity index (χ0v) is 16.0. The Bertz CT molecular complexity index is 564. The first kappa shape index (κ1) is 21.0. The zero-order valence-electron chi connectivity index (χ0n) is 12.2. The number of nitrogens with one attached hydrogen (secondary N) is 2. The van der Waals surface area contributed by atoms with Crippen LogP contribution in [0.2, 0.25) is 10.0 Å². The fourth-order valence-electron chi connectivity index (χ4n) is 1.38. The Balaban J connectivity index is 0.00000441. The maximum atomic E-state index is 11.9. The number of benzene rings is 1. The normalized spacial score (nSPS) is 10.6. The minimum absolute atomic E-state index is 0. The van der Waals surface area contributed by atoms with Gasteiger partial charge >= 0.3 is 0 Å². The number of rotatable bonds is 6. The Labute approximate surface area is 157 Å². The van der Waals surface area contributed by atoms with Crippen molar-refractivity contribution in [1.82, 2.24) is 10.6 Å². The third kappa shape index (κ3) is 7.86. The molecule has 1 amide bonds. The summed E-state index contributed by atoms with van der Waals surface area (Å²) in [5.41, 5.74) is 7.02. The molecule has 0 aromatic heterocycles. The van der Waals surface area contributed by atoms with Crippen LogP contribution >= 0.6 is 47.2 Å². The second-order valence-electron chi connectivity index (χ2n) is 4.47. The number of nitrogens with zero attached hydrogens (tertiary/aromatic N) is 1. The molecule has 0 aliphatic heterocycles. The van der Waals surface area contributed by atoms with E-state index in [4.69, 9.17) is 28.9 Å². The molecule has 0 bridgehead atoms. The van der Waals surface area contributed by atoms with E-state index in [0.717, 1.165) is 5.57 Å². The molecule has 5 nitrogen and oxygen atoms in total. The largest absolute Gasteiger partial charge is 0.370 e. The van der Waals surface area contributed by atoms with Crippen LogP contribution in [0.3, 0.4) is 0 Å². The van der Waals surface area contributed by atoms with Crippen LogP contribution in [0.4, 0.5) is 0 Å². The quantitative estimate of drug-likeness (QED) is 0.202. The van der Waals surface area contributed by atoms with Crippen LogP contribution in [0.1, 0.15) is 17.3 Å². The number of halogens is 3. The maximum absolute atomic E-state index is 11.9. The Morgan fingerprint density at radius 2 is 1.91 bits per heavy atom. The van der Waals surface area contributed by atoms with Gasteiger partial charge in [-0.05, 0) is 25.1 Å². The van der Waals surface area contributed by atoms with E-state index in [1.807, 2.05) is 6.92 Å². The number of carbonyl (C=O) groups is 1. The average Bonchev–Trinajstić information content (AvgIpc) is 2.44. The van der Waals surface area contributed by atoms with Gasteiger partial charge in [0.25, 0.3) is 5.91 Å². The van der Waals surface area contributed by atoms with E-state index >= 15 is 0 Å². The molecule has 0 heterocycles. The predicted molar refractivity (Wildman–Crippen MR) is 104 cm³/mol. The van der Waals surface area contributed by atoms with Crippen molar-refractivity contribution < 1.29 is 4.79 Å². The molecule has 122 valence electrons. The van der Waals surface area contributed by atoms with Crippen LogP contribution in [-0.2, 0) is 0 Å². The lowest BCUT2D eigenvalue weighted by Gasteiger charge is -2.08. The van der Waals surface area contributed by atoms with Gasteiger partial charge in [0.15, 0.2) is 5.96 Å². The predicted octanol–water partition coefficient (Wildman–Crippen LogP) is 2.82. The van der Waals surface area contributed by atoms with Gasteiger partial charge < -0.3 is 16.4 Å². The lowest BCUT2D eigenvalue weighted by atomic mass is 10.2. The molecule has 0 aliphatic rings. The van der Waals surface area contributed by atoms with Crippen molar-refractivity contribution in [2.45, 2.75) is 6.92 Å². The molecule has 0 saturated carbocycles. The van der Waals surface area contributed by atoms with Gasteiger partial charge in [0.05, 0.1) is 16.6 Å². The Kier molecular flexibility index (Phi) is 10.2. The topological polar surface area (TPSA) is 79.5 Å². The smallest absolute Gasteiger partial charge is 0.251 e. The molecule has 4 N–H and O–H groups in total. The highest BCUT2D eigenvalue weighted by atomic mass is 127. The van der Waals surface area contributed by atoms with Crippen LogP contribution in [0.15, 0.2) is 35.3 Å². The van der Waals surface area contributed by atoms with Gasteiger partial charge in [-0.25, -0.2) is 4.99 Å². The Morgan fingerprint density at radius 3 is 2.50 bits per heavy atom. The van der Waals surface area contributed by atoms with Crippen molar-refractivity contribution in [1.29, 1.82) is 0 Å².